The van der Waals surface area contributed by atoms with Crippen LogP contribution in [0.25, 0.3) is 0 Å². The predicted octanol–water partition coefficient (Wildman–Crippen LogP) is 2.68. The van der Waals surface area contributed by atoms with Crippen LogP contribution in [-0.4, -0.2) is 23.9 Å². The third-order valence-electron chi connectivity index (χ3n) is 3.09. The molecule has 0 aliphatic rings. The monoisotopic (exact) mass is 251 g/mol. The van der Waals surface area contributed by atoms with E-state index in [2.05, 4.69) is 26.0 Å². The Balaban J connectivity index is 2.38. The molecule has 3 N–H and O–H groups in total. The van der Waals surface area contributed by atoms with Gasteiger partial charge in [-0.25, -0.2) is 0 Å². The zero-order valence-corrected chi connectivity index (χ0v) is 11.6. The maximum atomic E-state index is 9.76. The molecule has 102 valence electrons. The Morgan fingerprint density at radius 1 is 1.39 bits per heavy atom. The van der Waals surface area contributed by atoms with Crippen LogP contribution in [0.15, 0.2) is 24.3 Å². The summed E-state index contributed by atoms with van der Waals surface area (Å²) in [6, 6.07) is 8.16. The number of ether oxygens (including phenoxy) is 1. The molecule has 0 saturated heterocycles. The van der Waals surface area contributed by atoms with Crippen molar-refractivity contribution in [2.45, 2.75) is 45.1 Å². The summed E-state index contributed by atoms with van der Waals surface area (Å²) in [6.07, 6.45) is 1.46. The fourth-order valence-corrected chi connectivity index (χ4v) is 1.71. The largest absolute Gasteiger partial charge is 0.494 e. The Hall–Kier alpha value is -1.06. The first-order chi connectivity index (χ1) is 8.44. The lowest BCUT2D eigenvalue weighted by molar-refractivity contribution is 0.0536. The smallest absolute Gasteiger partial charge is 0.119 e. The number of hydrogen-bond donors (Lipinski definition) is 2. The second-order valence-electron chi connectivity index (χ2n) is 5.38. The molecule has 1 aromatic carbocycles. The lowest BCUT2D eigenvalue weighted by Crippen LogP contribution is -2.34. The van der Waals surface area contributed by atoms with Crippen LogP contribution in [0, 0.1) is 0 Å². The Labute approximate surface area is 110 Å². The van der Waals surface area contributed by atoms with Crippen LogP contribution in [-0.2, 0) is 0 Å². The lowest BCUT2D eigenvalue weighted by atomic mass is 10.0. The first-order valence-electron chi connectivity index (χ1n) is 6.60. The van der Waals surface area contributed by atoms with E-state index in [-0.39, 0.29) is 6.54 Å². The van der Waals surface area contributed by atoms with Gasteiger partial charge in [-0.15, -0.1) is 0 Å². The van der Waals surface area contributed by atoms with Gasteiger partial charge in [0.15, 0.2) is 0 Å². The van der Waals surface area contributed by atoms with E-state index in [1.54, 1.807) is 6.92 Å². The highest BCUT2D eigenvalue weighted by atomic mass is 16.5. The van der Waals surface area contributed by atoms with Gasteiger partial charge in [-0.3, -0.25) is 0 Å². The molecule has 0 bridgehead atoms. The third kappa shape index (κ3) is 5.07. The van der Waals surface area contributed by atoms with Gasteiger partial charge < -0.3 is 15.6 Å². The van der Waals surface area contributed by atoms with Crippen LogP contribution in [0.2, 0.25) is 0 Å². The number of rotatable bonds is 7. The maximum absolute atomic E-state index is 9.76. The van der Waals surface area contributed by atoms with Crippen LogP contribution in [0.5, 0.6) is 5.75 Å². The van der Waals surface area contributed by atoms with Gasteiger partial charge in [-0.05, 0) is 43.4 Å². The van der Waals surface area contributed by atoms with E-state index in [0.29, 0.717) is 18.9 Å². The second kappa shape index (κ2) is 6.76. The van der Waals surface area contributed by atoms with Crippen molar-refractivity contribution < 1.29 is 9.84 Å². The molecule has 1 aromatic rings. The van der Waals surface area contributed by atoms with E-state index >= 15 is 0 Å². The highest BCUT2D eigenvalue weighted by molar-refractivity contribution is 5.30. The van der Waals surface area contributed by atoms with E-state index < -0.39 is 5.60 Å². The van der Waals surface area contributed by atoms with Gasteiger partial charge in [0.25, 0.3) is 0 Å². The average Bonchev–Trinajstić information content (AvgIpc) is 2.35. The Morgan fingerprint density at radius 2 is 2.11 bits per heavy atom. The van der Waals surface area contributed by atoms with Crippen LogP contribution in [0.1, 0.15) is 45.1 Å². The fourth-order valence-electron chi connectivity index (χ4n) is 1.71. The van der Waals surface area contributed by atoms with Gasteiger partial charge in [0.2, 0.25) is 0 Å². The summed E-state index contributed by atoms with van der Waals surface area (Å²) in [6.45, 7) is 6.98. The van der Waals surface area contributed by atoms with E-state index in [4.69, 9.17) is 10.5 Å². The summed E-state index contributed by atoms with van der Waals surface area (Å²) in [7, 11) is 0. The van der Waals surface area contributed by atoms with Crippen LogP contribution in [0.3, 0.4) is 0 Å². The molecule has 0 saturated carbocycles. The summed E-state index contributed by atoms with van der Waals surface area (Å²) < 4.78 is 5.68. The van der Waals surface area contributed by atoms with Crippen molar-refractivity contribution in [1.29, 1.82) is 0 Å². The number of nitrogens with two attached hydrogens (primary N) is 1. The molecule has 1 unspecified atom stereocenters. The second-order valence-corrected chi connectivity index (χ2v) is 5.38. The zero-order valence-electron chi connectivity index (χ0n) is 11.6. The molecular weight excluding hydrogens is 226 g/mol. The molecule has 0 aliphatic carbocycles. The Morgan fingerprint density at radius 3 is 2.72 bits per heavy atom. The summed E-state index contributed by atoms with van der Waals surface area (Å²) in [5.74, 6) is 1.40. The highest BCUT2D eigenvalue weighted by Gasteiger charge is 2.16. The SMILES string of the molecule is CC(C)c1cccc(OCCCC(C)(O)CN)c1. The minimum absolute atomic E-state index is 0.288. The van der Waals surface area contributed by atoms with Crippen molar-refractivity contribution in [3.63, 3.8) is 0 Å². The van der Waals surface area contributed by atoms with Crippen molar-refractivity contribution in [2.24, 2.45) is 5.73 Å². The zero-order chi connectivity index (χ0) is 13.6. The van der Waals surface area contributed by atoms with Crippen molar-refractivity contribution >= 4 is 0 Å². The van der Waals surface area contributed by atoms with Crippen LogP contribution < -0.4 is 10.5 Å². The quantitative estimate of drug-likeness (QED) is 0.733. The van der Waals surface area contributed by atoms with E-state index in [9.17, 15) is 5.11 Å². The molecule has 0 amide bonds. The molecule has 0 radical (unpaired) electrons. The summed E-state index contributed by atoms with van der Waals surface area (Å²) in [5.41, 5.74) is 5.97. The minimum atomic E-state index is -0.775. The number of aliphatic hydroxyl groups is 1. The molecule has 0 aliphatic heterocycles. The van der Waals surface area contributed by atoms with Gasteiger partial charge in [0.05, 0.1) is 12.2 Å². The summed E-state index contributed by atoms with van der Waals surface area (Å²) >= 11 is 0. The van der Waals surface area contributed by atoms with Crippen molar-refractivity contribution in [1.82, 2.24) is 0 Å². The summed E-state index contributed by atoms with van der Waals surface area (Å²) in [4.78, 5) is 0. The number of benzene rings is 1. The van der Waals surface area contributed by atoms with Crippen molar-refractivity contribution in [3.8, 4) is 5.75 Å². The lowest BCUT2D eigenvalue weighted by Gasteiger charge is -2.20. The maximum Gasteiger partial charge on any atom is 0.119 e. The highest BCUT2D eigenvalue weighted by Crippen LogP contribution is 2.20. The topological polar surface area (TPSA) is 55.5 Å². The van der Waals surface area contributed by atoms with Crippen LogP contribution >= 0.6 is 0 Å². The minimum Gasteiger partial charge on any atom is -0.494 e. The first-order valence-corrected chi connectivity index (χ1v) is 6.60. The summed E-state index contributed by atoms with van der Waals surface area (Å²) in [5, 5.41) is 9.76. The third-order valence-corrected chi connectivity index (χ3v) is 3.09. The molecule has 0 heterocycles. The van der Waals surface area contributed by atoms with Gasteiger partial charge in [-0.2, -0.15) is 0 Å². The molecule has 0 fully saturated rings. The Kier molecular flexibility index (Phi) is 5.63. The predicted molar refractivity (Wildman–Crippen MR) is 74.9 cm³/mol. The molecule has 18 heavy (non-hydrogen) atoms. The first kappa shape index (κ1) is 15.0. The Bertz CT molecular complexity index is 361. The van der Waals surface area contributed by atoms with Gasteiger partial charge in [-0.1, -0.05) is 26.0 Å². The van der Waals surface area contributed by atoms with Crippen molar-refractivity contribution in [3.05, 3.63) is 29.8 Å². The molecule has 0 aromatic heterocycles. The van der Waals surface area contributed by atoms with Crippen molar-refractivity contribution in [2.75, 3.05) is 13.2 Å². The molecule has 0 spiro atoms. The van der Waals surface area contributed by atoms with Gasteiger partial charge in [0.1, 0.15) is 5.75 Å². The molecular formula is C15H25NO2. The van der Waals surface area contributed by atoms with E-state index in [1.807, 2.05) is 12.1 Å². The molecule has 3 nitrogen and oxygen atoms in total. The van der Waals surface area contributed by atoms with Gasteiger partial charge in [0, 0.05) is 6.54 Å². The average molecular weight is 251 g/mol. The molecule has 1 atom stereocenters. The van der Waals surface area contributed by atoms with E-state index in [0.717, 1.165) is 12.2 Å². The number of hydrogen-bond acceptors (Lipinski definition) is 3. The normalized spacial score (nSPS) is 14.6. The van der Waals surface area contributed by atoms with E-state index in [1.165, 1.54) is 5.56 Å². The van der Waals surface area contributed by atoms with Gasteiger partial charge >= 0.3 is 0 Å². The molecule has 1 rings (SSSR count). The van der Waals surface area contributed by atoms with Crippen LogP contribution in [0.4, 0.5) is 0 Å². The standard InChI is InChI=1S/C15H25NO2/c1-12(2)13-6-4-7-14(10-13)18-9-5-8-15(3,17)11-16/h4,6-7,10,12,17H,5,8-9,11,16H2,1-3H3. The fraction of sp³-hybridized carbons (Fsp3) is 0.600. The molecule has 3 heteroatoms.